The number of H-pyrrole nitrogens is 1. The maximum atomic E-state index is 12.8. The first-order chi connectivity index (χ1) is 12.4. The number of ether oxygens (including phenoxy) is 1. The molecular formula is C17H22N4O4S. The minimum absolute atomic E-state index is 0.200. The Kier molecular flexibility index (Phi) is 5.28. The Balaban J connectivity index is 1.58. The number of hydrogen-bond donors (Lipinski definition) is 1. The van der Waals surface area contributed by atoms with Crippen molar-refractivity contribution in [1.82, 2.24) is 19.4 Å². The van der Waals surface area contributed by atoms with Crippen molar-refractivity contribution in [1.29, 1.82) is 0 Å². The van der Waals surface area contributed by atoms with Crippen molar-refractivity contribution in [3.63, 3.8) is 0 Å². The molecule has 0 unspecified atom stereocenters. The molecule has 2 aromatic rings. The molecule has 2 heterocycles. The SMILES string of the molecule is Cc1n[nH]c(C)c1S(=O)(=O)N1CCN(C(=O)OCc2ccccc2)CC1. The lowest BCUT2D eigenvalue weighted by atomic mass is 10.2. The van der Waals surface area contributed by atoms with E-state index in [-0.39, 0.29) is 24.6 Å². The summed E-state index contributed by atoms with van der Waals surface area (Å²) in [5, 5.41) is 6.66. The van der Waals surface area contributed by atoms with Gasteiger partial charge in [-0.2, -0.15) is 9.40 Å². The molecular weight excluding hydrogens is 356 g/mol. The van der Waals surface area contributed by atoms with Gasteiger partial charge >= 0.3 is 6.09 Å². The Morgan fingerprint density at radius 3 is 2.38 bits per heavy atom. The van der Waals surface area contributed by atoms with E-state index in [0.29, 0.717) is 24.5 Å². The topological polar surface area (TPSA) is 95.6 Å². The predicted molar refractivity (Wildman–Crippen MR) is 95.0 cm³/mol. The summed E-state index contributed by atoms with van der Waals surface area (Å²) in [5.41, 5.74) is 1.88. The fourth-order valence-electron chi connectivity index (χ4n) is 2.97. The number of amides is 1. The van der Waals surface area contributed by atoms with Gasteiger partial charge in [-0.15, -0.1) is 0 Å². The van der Waals surface area contributed by atoms with Crippen molar-refractivity contribution in [3.8, 4) is 0 Å². The summed E-state index contributed by atoms with van der Waals surface area (Å²) in [7, 11) is -3.62. The van der Waals surface area contributed by atoms with Crippen LogP contribution in [0.5, 0.6) is 0 Å². The summed E-state index contributed by atoms with van der Waals surface area (Å²) < 4.78 is 32.3. The molecule has 1 aliphatic rings. The van der Waals surface area contributed by atoms with Gasteiger partial charge in [-0.3, -0.25) is 5.10 Å². The number of nitrogens with zero attached hydrogens (tertiary/aromatic N) is 3. The highest BCUT2D eigenvalue weighted by Gasteiger charge is 2.33. The van der Waals surface area contributed by atoms with E-state index >= 15 is 0 Å². The highest BCUT2D eigenvalue weighted by Crippen LogP contribution is 2.22. The summed E-state index contributed by atoms with van der Waals surface area (Å²) in [4.78, 5) is 13.9. The second kappa shape index (κ2) is 7.46. The van der Waals surface area contributed by atoms with E-state index < -0.39 is 16.1 Å². The fraction of sp³-hybridized carbons (Fsp3) is 0.412. The fourth-order valence-corrected chi connectivity index (χ4v) is 4.73. The Morgan fingerprint density at radius 1 is 1.15 bits per heavy atom. The van der Waals surface area contributed by atoms with Gasteiger partial charge in [0.2, 0.25) is 10.0 Å². The number of hydrogen-bond acceptors (Lipinski definition) is 5. The largest absolute Gasteiger partial charge is 0.445 e. The molecule has 1 N–H and O–H groups in total. The number of carbonyl (C=O) groups excluding carboxylic acids is 1. The molecule has 1 fully saturated rings. The van der Waals surface area contributed by atoms with Crippen molar-refractivity contribution in [3.05, 3.63) is 47.3 Å². The van der Waals surface area contributed by atoms with Crippen LogP contribution >= 0.6 is 0 Å². The van der Waals surface area contributed by atoms with Crippen LogP contribution in [-0.2, 0) is 21.4 Å². The maximum Gasteiger partial charge on any atom is 0.410 e. The summed E-state index contributed by atoms with van der Waals surface area (Å²) >= 11 is 0. The number of aromatic nitrogens is 2. The first-order valence-electron chi connectivity index (χ1n) is 8.37. The molecule has 1 aliphatic heterocycles. The third kappa shape index (κ3) is 3.73. The van der Waals surface area contributed by atoms with Crippen molar-refractivity contribution in [2.75, 3.05) is 26.2 Å². The number of sulfonamides is 1. The molecule has 0 bridgehead atoms. The minimum atomic E-state index is -3.62. The highest BCUT2D eigenvalue weighted by molar-refractivity contribution is 7.89. The number of carbonyl (C=O) groups is 1. The van der Waals surface area contributed by atoms with Crippen LogP contribution < -0.4 is 0 Å². The normalized spacial score (nSPS) is 15.8. The summed E-state index contributed by atoms with van der Waals surface area (Å²) in [6.07, 6.45) is -0.429. The second-order valence-corrected chi connectivity index (χ2v) is 8.07. The highest BCUT2D eigenvalue weighted by atomic mass is 32.2. The van der Waals surface area contributed by atoms with Crippen LogP contribution in [0, 0.1) is 13.8 Å². The van der Waals surface area contributed by atoms with E-state index in [1.807, 2.05) is 30.3 Å². The van der Waals surface area contributed by atoms with E-state index in [1.165, 1.54) is 9.21 Å². The van der Waals surface area contributed by atoms with Gasteiger partial charge in [-0.05, 0) is 19.4 Å². The second-order valence-electron chi connectivity index (χ2n) is 6.19. The van der Waals surface area contributed by atoms with Gasteiger partial charge in [0, 0.05) is 26.2 Å². The lowest BCUT2D eigenvalue weighted by Crippen LogP contribution is -2.50. The van der Waals surface area contributed by atoms with Gasteiger partial charge < -0.3 is 9.64 Å². The first-order valence-corrected chi connectivity index (χ1v) is 9.81. The Bertz CT molecular complexity index is 852. The number of aryl methyl sites for hydroxylation is 2. The Morgan fingerprint density at radius 2 is 1.81 bits per heavy atom. The lowest BCUT2D eigenvalue weighted by Gasteiger charge is -2.33. The number of rotatable bonds is 4. The van der Waals surface area contributed by atoms with Crippen molar-refractivity contribution in [2.45, 2.75) is 25.3 Å². The van der Waals surface area contributed by atoms with Gasteiger partial charge in [0.15, 0.2) is 0 Å². The van der Waals surface area contributed by atoms with Crippen LogP contribution in [0.3, 0.4) is 0 Å². The molecule has 0 radical (unpaired) electrons. The lowest BCUT2D eigenvalue weighted by molar-refractivity contribution is 0.0838. The quantitative estimate of drug-likeness (QED) is 0.873. The Labute approximate surface area is 152 Å². The molecule has 0 aliphatic carbocycles. The summed E-state index contributed by atoms with van der Waals surface area (Å²) in [6.45, 7) is 4.59. The molecule has 3 rings (SSSR count). The number of benzene rings is 1. The standard InChI is InChI=1S/C17H22N4O4S/c1-13-16(14(2)19-18-13)26(23,24)21-10-8-20(9-11-21)17(22)25-12-15-6-4-3-5-7-15/h3-7H,8-12H2,1-2H3,(H,18,19). The molecule has 1 saturated heterocycles. The average molecular weight is 378 g/mol. The summed E-state index contributed by atoms with van der Waals surface area (Å²) in [5.74, 6) is 0. The molecule has 1 aromatic heterocycles. The molecule has 9 heteroatoms. The molecule has 1 amide bonds. The van der Waals surface area contributed by atoms with Gasteiger partial charge in [0.25, 0.3) is 0 Å². The van der Waals surface area contributed by atoms with Crippen molar-refractivity contribution < 1.29 is 17.9 Å². The number of nitrogens with one attached hydrogen (secondary N) is 1. The van der Waals surface area contributed by atoms with E-state index in [1.54, 1.807) is 13.8 Å². The van der Waals surface area contributed by atoms with E-state index in [2.05, 4.69) is 10.2 Å². The molecule has 0 saturated carbocycles. The predicted octanol–water partition coefficient (Wildman–Crippen LogP) is 1.67. The molecule has 26 heavy (non-hydrogen) atoms. The van der Waals surface area contributed by atoms with Gasteiger partial charge in [0.1, 0.15) is 11.5 Å². The first kappa shape index (κ1) is 18.4. The average Bonchev–Trinajstić information content (AvgIpc) is 2.99. The van der Waals surface area contributed by atoms with Crippen LogP contribution in [0.4, 0.5) is 4.79 Å². The van der Waals surface area contributed by atoms with Crippen LogP contribution in [0.2, 0.25) is 0 Å². The monoisotopic (exact) mass is 378 g/mol. The minimum Gasteiger partial charge on any atom is -0.445 e. The van der Waals surface area contributed by atoms with Gasteiger partial charge in [-0.25, -0.2) is 13.2 Å². The zero-order chi connectivity index (χ0) is 18.7. The van der Waals surface area contributed by atoms with Crippen LogP contribution in [-0.4, -0.2) is 60.1 Å². The molecule has 0 atom stereocenters. The molecule has 0 spiro atoms. The molecule has 140 valence electrons. The summed E-state index contributed by atoms with van der Waals surface area (Å²) in [6, 6.07) is 9.43. The molecule has 8 nitrogen and oxygen atoms in total. The number of piperazine rings is 1. The molecule has 1 aromatic carbocycles. The zero-order valence-corrected chi connectivity index (χ0v) is 15.6. The van der Waals surface area contributed by atoms with E-state index in [0.717, 1.165) is 5.56 Å². The van der Waals surface area contributed by atoms with E-state index in [9.17, 15) is 13.2 Å². The van der Waals surface area contributed by atoms with Gasteiger partial charge in [0.05, 0.1) is 11.4 Å². The van der Waals surface area contributed by atoms with Crippen LogP contribution in [0.1, 0.15) is 17.0 Å². The van der Waals surface area contributed by atoms with Crippen molar-refractivity contribution >= 4 is 16.1 Å². The smallest absolute Gasteiger partial charge is 0.410 e. The Hall–Kier alpha value is -2.39. The van der Waals surface area contributed by atoms with Gasteiger partial charge in [-0.1, -0.05) is 30.3 Å². The number of aromatic amines is 1. The maximum absolute atomic E-state index is 12.8. The van der Waals surface area contributed by atoms with Crippen LogP contribution in [0.25, 0.3) is 0 Å². The van der Waals surface area contributed by atoms with Crippen molar-refractivity contribution in [2.24, 2.45) is 0 Å². The van der Waals surface area contributed by atoms with Crippen LogP contribution in [0.15, 0.2) is 35.2 Å². The van der Waals surface area contributed by atoms with E-state index in [4.69, 9.17) is 4.74 Å². The zero-order valence-electron chi connectivity index (χ0n) is 14.8. The third-order valence-corrected chi connectivity index (χ3v) is 6.52. The third-order valence-electron chi connectivity index (χ3n) is 4.36.